The second-order valence-corrected chi connectivity index (χ2v) is 6.53. The van der Waals surface area contributed by atoms with Gasteiger partial charge in [0.1, 0.15) is 0 Å². The van der Waals surface area contributed by atoms with Crippen LogP contribution in [0.15, 0.2) is 12.2 Å². The summed E-state index contributed by atoms with van der Waals surface area (Å²) in [5.74, 6) is -0.732. The maximum Gasteiger partial charge on any atom is 0.328 e. The van der Waals surface area contributed by atoms with Gasteiger partial charge in [0.15, 0.2) is 0 Å². The molecule has 100 valence electrons. The van der Waals surface area contributed by atoms with Crippen LogP contribution in [-0.4, -0.2) is 23.0 Å². The minimum atomic E-state index is -1.09. The Balaban J connectivity index is 2.09. The standard InChI is InChI=1S/C14H21NO3/c1-13(2)9-6-7-14(3,8-9)12(13)15-10(16)4-5-11(17)18/h4-5,9,12H,6-8H2,1-3H3,(H,15,16)(H,17,18). The number of carboxylic acid groups (broad SMARTS) is 1. The van der Waals surface area contributed by atoms with Gasteiger partial charge in [-0.05, 0) is 36.0 Å². The maximum absolute atomic E-state index is 11.7. The number of hydrogen-bond acceptors (Lipinski definition) is 2. The fourth-order valence-corrected chi connectivity index (χ4v) is 4.00. The van der Waals surface area contributed by atoms with Gasteiger partial charge in [0.25, 0.3) is 0 Å². The van der Waals surface area contributed by atoms with Gasteiger partial charge in [-0.15, -0.1) is 0 Å². The quantitative estimate of drug-likeness (QED) is 0.753. The molecule has 0 radical (unpaired) electrons. The molecule has 18 heavy (non-hydrogen) atoms. The van der Waals surface area contributed by atoms with Gasteiger partial charge in [-0.3, -0.25) is 4.79 Å². The first-order valence-electron chi connectivity index (χ1n) is 6.47. The summed E-state index contributed by atoms with van der Waals surface area (Å²) in [5.41, 5.74) is 0.264. The van der Waals surface area contributed by atoms with Crippen molar-refractivity contribution < 1.29 is 14.7 Å². The van der Waals surface area contributed by atoms with Crippen molar-refractivity contribution in [3.05, 3.63) is 12.2 Å². The molecular weight excluding hydrogens is 230 g/mol. The normalized spacial score (nSPS) is 37.1. The average molecular weight is 251 g/mol. The topological polar surface area (TPSA) is 66.4 Å². The Morgan fingerprint density at radius 2 is 1.94 bits per heavy atom. The molecule has 2 N–H and O–H groups in total. The predicted octanol–water partition coefficient (Wildman–Crippen LogP) is 1.96. The zero-order valence-electron chi connectivity index (χ0n) is 11.2. The van der Waals surface area contributed by atoms with E-state index in [2.05, 4.69) is 26.1 Å². The summed E-state index contributed by atoms with van der Waals surface area (Å²) >= 11 is 0. The molecule has 4 nitrogen and oxygen atoms in total. The van der Waals surface area contributed by atoms with Crippen LogP contribution in [0.1, 0.15) is 40.0 Å². The molecule has 3 atom stereocenters. The zero-order valence-corrected chi connectivity index (χ0v) is 11.2. The lowest BCUT2D eigenvalue weighted by Crippen LogP contribution is -2.52. The summed E-state index contributed by atoms with van der Waals surface area (Å²) in [7, 11) is 0. The van der Waals surface area contributed by atoms with Gasteiger partial charge in [-0.1, -0.05) is 20.8 Å². The number of amides is 1. The van der Waals surface area contributed by atoms with Gasteiger partial charge < -0.3 is 10.4 Å². The van der Waals surface area contributed by atoms with E-state index in [-0.39, 0.29) is 22.8 Å². The fourth-order valence-electron chi connectivity index (χ4n) is 4.00. The van der Waals surface area contributed by atoms with E-state index in [1.807, 2.05) is 0 Å². The Morgan fingerprint density at radius 1 is 1.28 bits per heavy atom. The van der Waals surface area contributed by atoms with E-state index in [1.165, 1.54) is 6.42 Å². The molecule has 3 unspecified atom stereocenters. The monoisotopic (exact) mass is 251 g/mol. The van der Waals surface area contributed by atoms with Crippen LogP contribution in [0.4, 0.5) is 0 Å². The highest BCUT2D eigenvalue weighted by Crippen LogP contribution is 2.62. The summed E-state index contributed by atoms with van der Waals surface area (Å²) in [4.78, 5) is 22.1. The van der Waals surface area contributed by atoms with Gasteiger partial charge in [-0.25, -0.2) is 4.79 Å². The van der Waals surface area contributed by atoms with E-state index < -0.39 is 5.97 Å². The van der Waals surface area contributed by atoms with Crippen LogP contribution >= 0.6 is 0 Å². The first-order valence-corrected chi connectivity index (χ1v) is 6.47. The molecule has 0 aromatic carbocycles. The van der Waals surface area contributed by atoms with E-state index in [0.717, 1.165) is 25.0 Å². The van der Waals surface area contributed by atoms with Crippen molar-refractivity contribution >= 4 is 11.9 Å². The van der Waals surface area contributed by atoms with Gasteiger partial charge >= 0.3 is 5.97 Å². The molecule has 2 aliphatic carbocycles. The number of carbonyl (C=O) groups is 2. The molecule has 2 fully saturated rings. The molecule has 2 bridgehead atoms. The van der Waals surface area contributed by atoms with Crippen molar-refractivity contribution in [1.29, 1.82) is 0 Å². The molecule has 0 aromatic rings. The van der Waals surface area contributed by atoms with E-state index in [0.29, 0.717) is 5.92 Å². The highest BCUT2D eigenvalue weighted by atomic mass is 16.4. The van der Waals surface area contributed by atoms with Crippen LogP contribution in [0.25, 0.3) is 0 Å². The van der Waals surface area contributed by atoms with Crippen LogP contribution in [0.3, 0.4) is 0 Å². The Kier molecular flexibility index (Phi) is 2.99. The number of carboxylic acids is 1. The second kappa shape index (κ2) is 4.11. The van der Waals surface area contributed by atoms with Crippen molar-refractivity contribution in [2.45, 2.75) is 46.1 Å². The number of hydrogen-bond donors (Lipinski definition) is 2. The van der Waals surface area contributed by atoms with Gasteiger partial charge in [-0.2, -0.15) is 0 Å². The van der Waals surface area contributed by atoms with E-state index in [4.69, 9.17) is 5.11 Å². The molecule has 0 aliphatic heterocycles. The lowest BCUT2D eigenvalue weighted by Gasteiger charge is -2.42. The number of rotatable bonds is 3. The smallest absolute Gasteiger partial charge is 0.328 e. The van der Waals surface area contributed by atoms with E-state index in [9.17, 15) is 9.59 Å². The summed E-state index contributed by atoms with van der Waals surface area (Å²) in [5, 5.41) is 11.5. The van der Waals surface area contributed by atoms with Crippen LogP contribution in [-0.2, 0) is 9.59 Å². The second-order valence-electron chi connectivity index (χ2n) is 6.53. The SMILES string of the molecule is CC12CCC(C1)C(C)(C)C2NC(=O)C=CC(=O)O. The molecular formula is C14H21NO3. The van der Waals surface area contributed by atoms with Crippen molar-refractivity contribution in [3.63, 3.8) is 0 Å². The van der Waals surface area contributed by atoms with Crippen molar-refractivity contribution in [2.75, 3.05) is 0 Å². The fraction of sp³-hybridized carbons (Fsp3) is 0.714. The van der Waals surface area contributed by atoms with Crippen LogP contribution in [0.2, 0.25) is 0 Å². The largest absolute Gasteiger partial charge is 0.478 e. The van der Waals surface area contributed by atoms with Gasteiger partial charge in [0, 0.05) is 18.2 Å². The summed E-state index contributed by atoms with van der Waals surface area (Å²) < 4.78 is 0. The number of fused-ring (bicyclic) bond motifs is 2. The highest BCUT2D eigenvalue weighted by molar-refractivity contribution is 5.94. The zero-order chi connectivity index (χ0) is 13.6. The van der Waals surface area contributed by atoms with Crippen molar-refractivity contribution in [1.82, 2.24) is 5.32 Å². The summed E-state index contributed by atoms with van der Waals surface area (Å²) in [6.45, 7) is 6.63. The number of nitrogens with one attached hydrogen (secondary N) is 1. The highest BCUT2D eigenvalue weighted by Gasteiger charge is 2.59. The Hall–Kier alpha value is -1.32. The van der Waals surface area contributed by atoms with E-state index in [1.54, 1.807) is 0 Å². The minimum absolute atomic E-state index is 0.0969. The lowest BCUT2D eigenvalue weighted by atomic mass is 9.68. The lowest BCUT2D eigenvalue weighted by molar-refractivity contribution is -0.131. The average Bonchev–Trinajstić information content (AvgIpc) is 2.73. The van der Waals surface area contributed by atoms with Gasteiger partial charge in [0.05, 0.1) is 0 Å². The third-order valence-electron chi connectivity index (χ3n) is 4.93. The maximum atomic E-state index is 11.7. The molecule has 2 rings (SSSR count). The Bertz CT molecular complexity index is 409. The van der Waals surface area contributed by atoms with Gasteiger partial charge in [0.2, 0.25) is 5.91 Å². The van der Waals surface area contributed by atoms with Crippen LogP contribution in [0.5, 0.6) is 0 Å². The predicted molar refractivity (Wildman–Crippen MR) is 67.9 cm³/mol. The van der Waals surface area contributed by atoms with Crippen molar-refractivity contribution in [2.24, 2.45) is 16.7 Å². The first-order chi connectivity index (χ1) is 8.25. The Morgan fingerprint density at radius 3 is 2.44 bits per heavy atom. The number of carbonyl (C=O) groups excluding carboxylic acids is 1. The minimum Gasteiger partial charge on any atom is -0.478 e. The van der Waals surface area contributed by atoms with Crippen molar-refractivity contribution in [3.8, 4) is 0 Å². The van der Waals surface area contributed by atoms with E-state index >= 15 is 0 Å². The van der Waals surface area contributed by atoms with Crippen LogP contribution < -0.4 is 5.32 Å². The molecule has 0 saturated heterocycles. The first kappa shape index (κ1) is 13.1. The molecule has 2 aliphatic rings. The molecule has 1 amide bonds. The summed E-state index contributed by atoms with van der Waals surface area (Å²) in [6.07, 6.45) is 5.54. The molecule has 0 aromatic heterocycles. The third-order valence-corrected chi connectivity index (χ3v) is 4.93. The third kappa shape index (κ3) is 2.04. The molecule has 4 heteroatoms. The molecule has 2 saturated carbocycles. The molecule has 0 spiro atoms. The number of aliphatic carboxylic acids is 1. The Labute approximate surface area is 107 Å². The van der Waals surface area contributed by atoms with Crippen LogP contribution in [0, 0.1) is 16.7 Å². The summed E-state index contributed by atoms with van der Waals surface area (Å²) in [6, 6.07) is 0.134. The molecule has 0 heterocycles.